The van der Waals surface area contributed by atoms with Crippen molar-refractivity contribution in [1.82, 2.24) is 0 Å². The lowest BCUT2D eigenvalue weighted by molar-refractivity contribution is -0.301. The van der Waals surface area contributed by atoms with Crippen molar-refractivity contribution < 1.29 is 56.2 Å². The number of aliphatic hydroxyl groups is 3. The van der Waals surface area contributed by atoms with Crippen molar-refractivity contribution in [3.63, 3.8) is 0 Å². The first-order valence-electron chi connectivity index (χ1n) is 20.1. The highest BCUT2D eigenvalue weighted by atomic mass is 32.3. The van der Waals surface area contributed by atoms with Crippen LogP contribution in [0.3, 0.4) is 0 Å². The maximum Gasteiger partial charge on any atom is 0.397 e. The van der Waals surface area contributed by atoms with E-state index in [4.69, 9.17) is 23.5 Å². The molecule has 306 valence electrons. The third kappa shape index (κ3) is 25.6. The van der Waals surface area contributed by atoms with Crippen molar-refractivity contribution in [1.29, 1.82) is 0 Å². The molecule has 52 heavy (non-hydrogen) atoms. The fraction of sp³-hybridized carbons (Fsp3) is 0.872. The number of hydrogen-bond donors (Lipinski definition) is 4. The summed E-state index contributed by atoms with van der Waals surface area (Å²) in [6.07, 6.45) is 25.6. The van der Waals surface area contributed by atoms with Gasteiger partial charge in [0.05, 0.1) is 19.8 Å². The number of hydrogen-bond acceptors (Lipinski definition) is 11. The lowest BCUT2D eigenvalue weighted by Crippen LogP contribution is -2.60. The maximum absolute atomic E-state index is 12.2. The van der Waals surface area contributed by atoms with E-state index in [1.54, 1.807) is 0 Å². The van der Waals surface area contributed by atoms with Crippen LogP contribution in [0.2, 0.25) is 0 Å². The smallest absolute Gasteiger partial charge is 0.397 e. The number of allylic oxidation sites excluding steroid dienone is 4. The quantitative estimate of drug-likeness (QED) is 0.0223. The minimum atomic E-state index is -5.04. The summed E-state index contributed by atoms with van der Waals surface area (Å²) in [5.74, 6) is -0.452. The normalized spacial score (nSPS) is 21.7. The van der Waals surface area contributed by atoms with Gasteiger partial charge in [-0.05, 0) is 44.9 Å². The Morgan fingerprint density at radius 3 is 1.79 bits per heavy atom. The van der Waals surface area contributed by atoms with Crippen LogP contribution < -0.4 is 0 Å². The number of esters is 1. The molecule has 0 aliphatic carbocycles. The number of aliphatic hydroxyl groups excluding tert-OH is 3. The number of ether oxygens (including phenoxy) is 4. The van der Waals surface area contributed by atoms with Gasteiger partial charge in [-0.25, -0.2) is 4.18 Å². The molecular formula is C39H72O12S. The topological polar surface area (TPSA) is 178 Å². The van der Waals surface area contributed by atoms with Crippen LogP contribution in [0.25, 0.3) is 0 Å². The first-order chi connectivity index (χ1) is 25.1. The van der Waals surface area contributed by atoms with Crippen molar-refractivity contribution in [3.8, 4) is 0 Å². The largest absolute Gasteiger partial charge is 0.457 e. The van der Waals surface area contributed by atoms with E-state index < -0.39 is 59.8 Å². The molecule has 0 aromatic heterocycles. The predicted molar refractivity (Wildman–Crippen MR) is 202 cm³/mol. The van der Waals surface area contributed by atoms with Crippen LogP contribution in [0.5, 0.6) is 0 Å². The van der Waals surface area contributed by atoms with E-state index in [0.717, 1.165) is 25.7 Å². The van der Waals surface area contributed by atoms with Crippen LogP contribution in [-0.2, 0) is 38.3 Å². The van der Waals surface area contributed by atoms with E-state index in [-0.39, 0.29) is 19.6 Å². The highest BCUT2D eigenvalue weighted by Crippen LogP contribution is 2.26. The molecule has 0 aromatic carbocycles. The van der Waals surface area contributed by atoms with Crippen LogP contribution in [0.15, 0.2) is 24.3 Å². The van der Waals surface area contributed by atoms with E-state index in [0.29, 0.717) is 13.0 Å². The molecule has 6 atom stereocenters. The summed E-state index contributed by atoms with van der Waals surface area (Å²) in [6.45, 7) is 3.58. The molecule has 1 heterocycles. The molecule has 6 unspecified atom stereocenters. The summed E-state index contributed by atoms with van der Waals surface area (Å²) >= 11 is 0. The van der Waals surface area contributed by atoms with Gasteiger partial charge in [0.25, 0.3) is 0 Å². The van der Waals surface area contributed by atoms with Crippen LogP contribution in [-0.4, -0.2) is 97.5 Å². The van der Waals surface area contributed by atoms with Gasteiger partial charge in [-0.15, -0.1) is 0 Å². The van der Waals surface area contributed by atoms with E-state index in [9.17, 15) is 28.5 Å². The van der Waals surface area contributed by atoms with E-state index in [2.05, 4.69) is 35.4 Å². The van der Waals surface area contributed by atoms with Crippen LogP contribution >= 0.6 is 0 Å². The SMILES string of the molecule is CCCCCCC/C=C\C/C=C\CCCCCCCCCCCCCCOCC(COC1OC(CO)C(O)C(OS(=O)(=O)O)C1O)OC(=O)CCC. The van der Waals surface area contributed by atoms with Gasteiger partial charge in [-0.1, -0.05) is 128 Å². The van der Waals surface area contributed by atoms with Gasteiger partial charge >= 0.3 is 16.4 Å². The van der Waals surface area contributed by atoms with Gasteiger partial charge in [0.1, 0.15) is 30.5 Å². The van der Waals surface area contributed by atoms with Crippen LogP contribution in [0.4, 0.5) is 0 Å². The zero-order valence-electron chi connectivity index (χ0n) is 32.1. The highest BCUT2D eigenvalue weighted by Gasteiger charge is 2.48. The second kappa shape index (κ2) is 31.9. The zero-order valence-corrected chi connectivity index (χ0v) is 32.9. The summed E-state index contributed by atoms with van der Waals surface area (Å²) in [5, 5.41) is 30.2. The number of rotatable bonds is 34. The van der Waals surface area contributed by atoms with Gasteiger partial charge in [0.15, 0.2) is 6.29 Å². The van der Waals surface area contributed by atoms with E-state index in [1.807, 2.05) is 6.92 Å². The van der Waals surface area contributed by atoms with Crippen molar-refractivity contribution in [2.75, 3.05) is 26.4 Å². The summed E-state index contributed by atoms with van der Waals surface area (Å²) in [5.41, 5.74) is 0. The van der Waals surface area contributed by atoms with Gasteiger partial charge in [0.2, 0.25) is 0 Å². The molecule has 0 amide bonds. The fourth-order valence-electron chi connectivity index (χ4n) is 6.03. The lowest BCUT2D eigenvalue weighted by Gasteiger charge is -2.41. The van der Waals surface area contributed by atoms with Crippen molar-refractivity contribution in [2.24, 2.45) is 0 Å². The Kier molecular flexibility index (Phi) is 29.8. The third-order valence-electron chi connectivity index (χ3n) is 9.05. The van der Waals surface area contributed by atoms with E-state index >= 15 is 0 Å². The van der Waals surface area contributed by atoms with Gasteiger partial charge in [0, 0.05) is 13.0 Å². The Hall–Kier alpha value is -1.42. The molecule has 0 bridgehead atoms. The predicted octanol–water partition coefficient (Wildman–Crippen LogP) is 7.29. The van der Waals surface area contributed by atoms with Crippen molar-refractivity contribution in [3.05, 3.63) is 24.3 Å². The Labute approximate surface area is 314 Å². The first kappa shape index (κ1) is 48.6. The molecule has 0 radical (unpaired) electrons. The van der Waals surface area contributed by atoms with Gasteiger partial charge in [-0.3, -0.25) is 9.35 Å². The monoisotopic (exact) mass is 764 g/mol. The maximum atomic E-state index is 12.2. The standard InChI is InChI=1S/C39H72O12S/c1-3-5-6-7-8-9-10-11-12-13-14-15-16-17-18-19-20-21-22-23-24-25-26-27-29-47-31-33(49-35(41)28-4-2)32-48-39-37(43)38(51-52(44,45)46)36(42)34(30-40)50-39/h10-11,13-14,33-34,36-40,42-43H,3-9,12,15-32H2,1-2H3,(H,44,45,46)/b11-10-,14-13-. The Balaban J connectivity index is 2.13. The molecule has 1 rings (SSSR count). The van der Waals surface area contributed by atoms with Gasteiger partial charge < -0.3 is 34.3 Å². The summed E-state index contributed by atoms with van der Waals surface area (Å²) < 4.78 is 58.0. The second-order valence-corrected chi connectivity index (χ2v) is 14.9. The molecule has 4 N–H and O–H groups in total. The zero-order chi connectivity index (χ0) is 38.3. The average molecular weight is 765 g/mol. The molecule has 1 saturated heterocycles. The van der Waals surface area contributed by atoms with Crippen LogP contribution in [0, 0.1) is 0 Å². The molecule has 0 saturated carbocycles. The Morgan fingerprint density at radius 2 is 1.27 bits per heavy atom. The van der Waals surface area contributed by atoms with Crippen LogP contribution in [0.1, 0.15) is 155 Å². The van der Waals surface area contributed by atoms with Crippen molar-refractivity contribution in [2.45, 2.75) is 192 Å². The number of carbonyl (C=O) groups is 1. The van der Waals surface area contributed by atoms with E-state index in [1.165, 1.54) is 103 Å². The number of unbranched alkanes of at least 4 members (excludes halogenated alkanes) is 17. The minimum absolute atomic E-state index is 0.0307. The molecule has 12 nitrogen and oxygen atoms in total. The van der Waals surface area contributed by atoms with Crippen molar-refractivity contribution >= 4 is 16.4 Å². The summed E-state index contributed by atoms with van der Waals surface area (Å²) in [6, 6.07) is 0. The Bertz CT molecular complexity index is 1020. The second-order valence-electron chi connectivity index (χ2n) is 13.9. The molecule has 1 aliphatic rings. The minimum Gasteiger partial charge on any atom is -0.457 e. The Morgan fingerprint density at radius 1 is 0.731 bits per heavy atom. The highest BCUT2D eigenvalue weighted by molar-refractivity contribution is 7.80. The third-order valence-corrected chi connectivity index (χ3v) is 9.51. The number of carbonyl (C=O) groups excluding carboxylic acids is 1. The summed E-state index contributed by atoms with van der Waals surface area (Å²) in [7, 11) is -5.04. The molecule has 13 heteroatoms. The molecule has 1 fully saturated rings. The fourth-order valence-corrected chi connectivity index (χ4v) is 6.54. The lowest BCUT2D eigenvalue weighted by atomic mass is 9.99. The average Bonchev–Trinajstić information content (AvgIpc) is 3.10. The molecule has 0 aromatic rings. The molecular weight excluding hydrogens is 692 g/mol. The summed E-state index contributed by atoms with van der Waals surface area (Å²) in [4.78, 5) is 12.2. The molecule has 1 aliphatic heterocycles. The molecule has 0 spiro atoms. The first-order valence-corrected chi connectivity index (χ1v) is 21.5. The van der Waals surface area contributed by atoms with Gasteiger partial charge in [-0.2, -0.15) is 8.42 Å².